The molecule has 8 heteroatoms. The van der Waals surface area contributed by atoms with Crippen molar-refractivity contribution in [3.63, 3.8) is 0 Å². The van der Waals surface area contributed by atoms with Gasteiger partial charge in [0.25, 0.3) is 5.91 Å². The van der Waals surface area contributed by atoms with Crippen LogP contribution < -0.4 is 4.72 Å². The third-order valence-electron chi connectivity index (χ3n) is 5.99. The molecule has 0 bridgehead atoms. The van der Waals surface area contributed by atoms with E-state index in [2.05, 4.69) is 4.72 Å². The van der Waals surface area contributed by atoms with Crippen molar-refractivity contribution in [2.45, 2.75) is 37.8 Å². The highest BCUT2D eigenvalue weighted by Crippen LogP contribution is 2.19. The average molecular weight is 493 g/mol. The number of aryl methyl sites for hydroxylation is 1. The summed E-state index contributed by atoms with van der Waals surface area (Å²) in [6.45, 7) is 3.41. The van der Waals surface area contributed by atoms with E-state index in [1.165, 1.54) is 6.07 Å². The van der Waals surface area contributed by atoms with Crippen LogP contribution in [0.15, 0.2) is 77.7 Å². The third-order valence-corrected chi connectivity index (χ3v) is 7.53. The Morgan fingerprint density at radius 3 is 2.23 bits per heavy atom. The van der Waals surface area contributed by atoms with Crippen molar-refractivity contribution < 1.29 is 22.7 Å². The first-order valence-electron chi connectivity index (χ1n) is 11.5. The summed E-state index contributed by atoms with van der Waals surface area (Å²) in [5.41, 5.74) is 2.86. The van der Waals surface area contributed by atoms with E-state index in [9.17, 15) is 18.0 Å². The van der Waals surface area contributed by atoms with Gasteiger partial charge in [-0.25, -0.2) is 17.9 Å². The molecule has 1 N–H and O–H groups in total. The lowest BCUT2D eigenvalue weighted by Gasteiger charge is -2.15. The molecular weight excluding hydrogens is 464 g/mol. The molecule has 7 nitrogen and oxygen atoms in total. The molecule has 3 aromatic carbocycles. The predicted octanol–water partition coefficient (Wildman–Crippen LogP) is 4.07. The summed E-state index contributed by atoms with van der Waals surface area (Å²) in [5, 5.41) is 0. The Bertz CT molecular complexity index is 1300. The Balaban J connectivity index is 1.39. The topological polar surface area (TPSA) is 92.8 Å². The summed E-state index contributed by atoms with van der Waals surface area (Å²) in [6, 6.07) is 20.7. The Kier molecular flexibility index (Phi) is 7.63. The number of rotatable bonds is 8. The van der Waals surface area contributed by atoms with Gasteiger partial charge in [-0.3, -0.25) is 4.79 Å². The zero-order valence-electron chi connectivity index (χ0n) is 19.6. The smallest absolute Gasteiger partial charge is 0.338 e. The second kappa shape index (κ2) is 10.8. The van der Waals surface area contributed by atoms with E-state index < -0.39 is 16.0 Å². The average Bonchev–Trinajstić information content (AvgIpc) is 3.42. The number of nitrogens with one attached hydrogen (secondary N) is 1. The maximum atomic E-state index is 12.9. The normalized spacial score (nSPS) is 13.6. The number of likely N-dealkylation sites (tertiary alicyclic amines) is 1. The van der Waals surface area contributed by atoms with E-state index in [1.54, 1.807) is 43.3 Å². The van der Waals surface area contributed by atoms with E-state index >= 15 is 0 Å². The van der Waals surface area contributed by atoms with Gasteiger partial charge in [-0.1, -0.05) is 48.5 Å². The molecule has 4 rings (SSSR count). The number of sulfonamides is 1. The zero-order valence-corrected chi connectivity index (χ0v) is 20.4. The van der Waals surface area contributed by atoms with Crippen molar-refractivity contribution in [1.29, 1.82) is 0 Å². The zero-order chi connectivity index (χ0) is 24.8. The molecule has 1 amide bonds. The Labute approximate surface area is 205 Å². The maximum Gasteiger partial charge on any atom is 0.338 e. The van der Waals surface area contributed by atoms with Crippen LogP contribution >= 0.6 is 0 Å². The minimum absolute atomic E-state index is 0.0131. The Hall–Kier alpha value is -3.49. The Morgan fingerprint density at radius 1 is 0.886 bits per heavy atom. The van der Waals surface area contributed by atoms with Crippen LogP contribution in [-0.2, 0) is 27.9 Å². The number of esters is 1. The van der Waals surface area contributed by atoms with E-state index in [1.807, 2.05) is 35.2 Å². The number of carbonyl (C=O) groups excluding carboxylic acids is 2. The van der Waals surface area contributed by atoms with Gasteiger partial charge in [0.15, 0.2) is 0 Å². The fourth-order valence-electron chi connectivity index (χ4n) is 3.95. The highest BCUT2D eigenvalue weighted by Gasteiger charge is 2.21. The lowest BCUT2D eigenvalue weighted by Crippen LogP contribution is -2.27. The molecule has 1 heterocycles. The number of ether oxygens (including phenoxy) is 1. The maximum absolute atomic E-state index is 12.9. The van der Waals surface area contributed by atoms with Gasteiger partial charge in [-0.2, -0.15) is 0 Å². The lowest BCUT2D eigenvalue weighted by molar-refractivity contribution is 0.0472. The number of amides is 1. The second-order valence-electron chi connectivity index (χ2n) is 8.56. The van der Waals surface area contributed by atoms with Crippen molar-refractivity contribution in [1.82, 2.24) is 9.62 Å². The van der Waals surface area contributed by atoms with Crippen molar-refractivity contribution in [2.75, 3.05) is 13.1 Å². The summed E-state index contributed by atoms with van der Waals surface area (Å²) < 4.78 is 33.7. The van der Waals surface area contributed by atoms with E-state index in [0.717, 1.165) is 37.1 Å². The standard InChI is InChI=1S/C27H28N2O5S/c1-20-9-12-24(17-25(20)35(32,33)28-18-21-7-3-2-4-8-21)27(31)34-19-22-10-13-23(14-11-22)26(30)29-15-5-6-16-29/h2-4,7-14,17,28H,5-6,15-16,18-19H2,1H3. The summed E-state index contributed by atoms with van der Waals surface area (Å²) in [6.07, 6.45) is 2.07. The monoisotopic (exact) mass is 492 g/mol. The van der Waals surface area contributed by atoms with Gasteiger partial charge in [-0.05, 0) is 60.7 Å². The van der Waals surface area contributed by atoms with Crippen LogP contribution in [0.5, 0.6) is 0 Å². The molecule has 0 saturated carbocycles. The minimum atomic E-state index is -3.83. The molecule has 0 radical (unpaired) electrons. The Morgan fingerprint density at radius 2 is 1.54 bits per heavy atom. The van der Waals surface area contributed by atoms with Crippen LogP contribution in [0.1, 0.15) is 50.2 Å². The number of carbonyl (C=O) groups is 2. The number of benzene rings is 3. The fourth-order valence-corrected chi connectivity index (χ4v) is 5.23. The fraction of sp³-hybridized carbons (Fsp3) is 0.259. The first-order chi connectivity index (χ1) is 16.8. The van der Waals surface area contributed by atoms with Gasteiger partial charge >= 0.3 is 5.97 Å². The SMILES string of the molecule is Cc1ccc(C(=O)OCc2ccc(C(=O)N3CCCC3)cc2)cc1S(=O)(=O)NCc1ccccc1. The van der Waals surface area contributed by atoms with Gasteiger partial charge in [0, 0.05) is 25.2 Å². The summed E-state index contributed by atoms with van der Waals surface area (Å²) in [4.78, 5) is 27.0. The molecular formula is C27H28N2O5S. The van der Waals surface area contributed by atoms with Crippen LogP contribution in [0.4, 0.5) is 0 Å². The molecule has 182 valence electrons. The summed E-state index contributed by atoms with van der Waals surface area (Å²) in [7, 11) is -3.83. The van der Waals surface area contributed by atoms with E-state index in [0.29, 0.717) is 11.1 Å². The molecule has 35 heavy (non-hydrogen) atoms. The molecule has 0 aliphatic carbocycles. The molecule has 0 unspecified atom stereocenters. The van der Waals surface area contributed by atoms with Crippen LogP contribution in [-0.4, -0.2) is 38.3 Å². The van der Waals surface area contributed by atoms with Crippen LogP contribution in [0.2, 0.25) is 0 Å². The van der Waals surface area contributed by atoms with Crippen LogP contribution in [0.3, 0.4) is 0 Å². The molecule has 1 fully saturated rings. The molecule has 1 saturated heterocycles. The highest BCUT2D eigenvalue weighted by atomic mass is 32.2. The van der Waals surface area contributed by atoms with Gasteiger partial charge in [0.05, 0.1) is 10.5 Å². The lowest BCUT2D eigenvalue weighted by atomic mass is 10.1. The number of nitrogens with zero attached hydrogens (tertiary/aromatic N) is 1. The first-order valence-corrected chi connectivity index (χ1v) is 13.0. The van der Waals surface area contributed by atoms with Gasteiger partial charge < -0.3 is 9.64 Å². The molecule has 0 spiro atoms. The number of hydrogen-bond donors (Lipinski definition) is 1. The minimum Gasteiger partial charge on any atom is -0.457 e. The molecule has 0 aromatic heterocycles. The third kappa shape index (κ3) is 6.15. The van der Waals surface area contributed by atoms with Crippen molar-refractivity contribution in [3.8, 4) is 0 Å². The van der Waals surface area contributed by atoms with Crippen LogP contribution in [0, 0.1) is 6.92 Å². The second-order valence-corrected chi connectivity index (χ2v) is 10.3. The first kappa shape index (κ1) is 24.6. The summed E-state index contributed by atoms with van der Waals surface area (Å²) in [5.74, 6) is -0.609. The number of hydrogen-bond acceptors (Lipinski definition) is 5. The van der Waals surface area contributed by atoms with Crippen molar-refractivity contribution in [3.05, 3.63) is 101 Å². The molecule has 1 aliphatic rings. The quantitative estimate of drug-likeness (QED) is 0.479. The van der Waals surface area contributed by atoms with Crippen molar-refractivity contribution >= 4 is 21.9 Å². The van der Waals surface area contributed by atoms with Gasteiger partial charge in [0.2, 0.25) is 10.0 Å². The van der Waals surface area contributed by atoms with E-state index in [-0.39, 0.29) is 29.5 Å². The predicted molar refractivity (Wildman–Crippen MR) is 132 cm³/mol. The van der Waals surface area contributed by atoms with Crippen molar-refractivity contribution in [2.24, 2.45) is 0 Å². The van der Waals surface area contributed by atoms with Gasteiger partial charge in [-0.15, -0.1) is 0 Å². The molecule has 3 aromatic rings. The molecule has 0 atom stereocenters. The summed E-state index contributed by atoms with van der Waals surface area (Å²) >= 11 is 0. The molecule has 1 aliphatic heterocycles. The van der Waals surface area contributed by atoms with E-state index in [4.69, 9.17) is 4.74 Å². The van der Waals surface area contributed by atoms with Crippen LogP contribution in [0.25, 0.3) is 0 Å². The van der Waals surface area contributed by atoms with Gasteiger partial charge in [0.1, 0.15) is 6.61 Å². The highest BCUT2D eigenvalue weighted by molar-refractivity contribution is 7.89. The largest absolute Gasteiger partial charge is 0.457 e.